The van der Waals surface area contributed by atoms with Gasteiger partial charge in [-0.25, -0.2) is 0 Å². The molecular formula is C23H31N3O4. The number of ether oxygens (including phenoxy) is 2. The van der Waals surface area contributed by atoms with Crippen molar-refractivity contribution in [3.05, 3.63) is 45.4 Å². The molecule has 162 valence electrons. The molecule has 1 aromatic carbocycles. The minimum atomic E-state index is -0.308. The molecule has 0 fully saturated rings. The summed E-state index contributed by atoms with van der Waals surface area (Å²) in [6, 6.07) is 3.67. The lowest BCUT2D eigenvalue weighted by Crippen LogP contribution is -2.44. The first-order valence-corrected chi connectivity index (χ1v) is 10.2. The molecule has 7 heteroatoms. The number of ketones is 1. The molecule has 1 unspecified atom stereocenters. The van der Waals surface area contributed by atoms with Gasteiger partial charge in [0.1, 0.15) is 17.3 Å². The third-order valence-electron chi connectivity index (χ3n) is 5.65. The molecular weight excluding hydrogens is 382 g/mol. The molecule has 7 nitrogen and oxygen atoms in total. The molecule has 0 amide bonds. The topological polar surface area (TPSA) is 72.8 Å². The number of aromatic nitrogens is 1. The van der Waals surface area contributed by atoms with E-state index >= 15 is 0 Å². The maximum atomic E-state index is 12.8. The molecule has 2 heterocycles. The quantitative estimate of drug-likeness (QED) is 0.750. The van der Waals surface area contributed by atoms with Gasteiger partial charge >= 0.3 is 0 Å². The Kier molecular flexibility index (Phi) is 6.63. The molecule has 3 rings (SSSR count). The van der Waals surface area contributed by atoms with Crippen molar-refractivity contribution >= 4 is 5.78 Å². The lowest BCUT2D eigenvalue weighted by Gasteiger charge is -2.27. The van der Waals surface area contributed by atoms with Gasteiger partial charge in [0.15, 0.2) is 0 Å². The van der Waals surface area contributed by atoms with E-state index in [2.05, 4.69) is 10.2 Å². The molecule has 1 aliphatic heterocycles. The minimum Gasteiger partial charge on any atom is -0.496 e. The van der Waals surface area contributed by atoms with E-state index in [-0.39, 0.29) is 17.4 Å². The summed E-state index contributed by atoms with van der Waals surface area (Å²) in [7, 11) is 9.04. The van der Waals surface area contributed by atoms with Crippen LogP contribution in [0.2, 0.25) is 0 Å². The Hall–Kier alpha value is -2.64. The number of hydrogen-bond acceptors (Lipinski definition) is 6. The number of Topliss-reactive ketones (excluding diaryl/α,β-unsaturated/α-hetero) is 1. The fourth-order valence-corrected chi connectivity index (χ4v) is 4.08. The van der Waals surface area contributed by atoms with E-state index in [1.807, 2.05) is 39.3 Å². The predicted octanol–water partition coefficient (Wildman–Crippen LogP) is 2.12. The van der Waals surface area contributed by atoms with Gasteiger partial charge in [0.25, 0.3) is 5.56 Å². The second kappa shape index (κ2) is 9.02. The summed E-state index contributed by atoms with van der Waals surface area (Å²) < 4.78 is 12.9. The summed E-state index contributed by atoms with van der Waals surface area (Å²) in [6.07, 6.45) is 2.72. The van der Waals surface area contributed by atoms with Gasteiger partial charge in [0, 0.05) is 50.3 Å². The maximum absolute atomic E-state index is 12.8. The number of nitrogens with zero attached hydrogens (tertiary/aromatic N) is 2. The molecule has 1 N–H and O–H groups in total. The number of nitrogens with one attached hydrogen (secondary N) is 1. The summed E-state index contributed by atoms with van der Waals surface area (Å²) >= 11 is 0. The first-order chi connectivity index (χ1) is 14.3. The van der Waals surface area contributed by atoms with Crippen molar-refractivity contribution in [1.29, 1.82) is 0 Å². The number of benzene rings is 1. The maximum Gasteiger partial charge on any atom is 0.253 e. The molecule has 0 bridgehead atoms. The number of carbonyl (C=O) groups excluding carboxylic acids is 1. The van der Waals surface area contributed by atoms with Gasteiger partial charge in [-0.2, -0.15) is 0 Å². The molecule has 30 heavy (non-hydrogen) atoms. The van der Waals surface area contributed by atoms with Crippen LogP contribution in [0.25, 0.3) is 11.1 Å². The van der Waals surface area contributed by atoms with Gasteiger partial charge in [-0.3, -0.25) is 9.59 Å². The van der Waals surface area contributed by atoms with Crippen molar-refractivity contribution < 1.29 is 14.3 Å². The second-order valence-corrected chi connectivity index (χ2v) is 7.97. The van der Waals surface area contributed by atoms with E-state index in [1.165, 1.54) is 0 Å². The fraction of sp³-hybridized carbons (Fsp3) is 0.478. The van der Waals surface area contributed by atoms with Crippen LogP contribution in [0.15, 0.2) is 23.1 Å². The average Bonchev–Trinajstić information content (AvgIpc) is 2.75. The Morgan fingerprint density at radius 3 is 2.37 bits per heavy atom. The number of rotatable bonds is 7. The highest BCUT2D eigenvalue weighted by Gasteiger charge is 2.28. The van der Waals surface area contributed by atoms with Crippen LogP contribution in [0.1, 0.15) is 30.0 Å². The molecule has 0 saturated heterocycles. The lowest BCUT2D eigenvalue weighted by molar-refractivity contribution is -0.120. The first kappa shape index (κ1) is 22.1. The van der Waals surface area contributed by atoms with Crippen LogP contribution in [-0.4, -0.2) is 49.6 Å². The van der Waals surface area contributed by atoms with Crippen molar-refractivity contribution in [3.8, 4) is 22.6 Å². The largest absolute Gasteiger partial charge is 0.496 e. The number of carbonyl (C=O) groups is 1. The molecule has 1 aliphatic rings. The monoisotopic (exact) mass is 413 g/mol. The Bertz CT molecular complexity index is 985. The molecule has 0 radical (unpaired) electrons. The zero-order valence-electron chi connectivity index (χ0n) is 18.7. The van der Waals surface area contributed by atoms with Crippen molar-refractivity contribution in [3.63, 3.8) is 0 Å². The summed E-state index contributed by atoms with van der Waals surface area (Å²) in [4.78, 5) is 27.1. The Morgan fingerprint density at radius 1 is 1.20 bits per heavy atom. The zero-order chi connectivity index (χ0) is 22.0. The van der Waals surface area contributed by atoms with Crippen LogP contribution in [0.3, 0.4) is 0 Å². The smallest absolute Gasteiger partial charge is 0.253 e. The van der Waals surface area contributed by atoms with Crippen LogP contribution in [0, 0.1) is 0 Å². The third kappa shape index (κ3) is 4.13. The van der Waals surface area contributed by atoms with E-state index in [1.54, 1.807) is 25.8 Å². The first-order valence-electron chi connectivity index (χ1n) is 10.2. The normalized spacial score (nSPS) is 15.8. The van der Waals surface area contributed by atoms with E-state index in [0.717, 1.165) is 33.8 Å². The van der Waals surface area contributed by atoms with E-state index in [4.69, 9.17) is 9.47 Å². The summed E-state index contributed by atoms with van der Waals surface area (Å²) in [5.41, 5.74) is 4.42. The van der Waals surface area contributed by atoms with Crippen molar-refractivity contribution in [1.82, 2.24) is 14.8 Å². The molecule has 2 aromatic rings. The number of fused-ring (bicyclic) bond motifs is 1. The summed E-state index contributed by atoms with van der Waals surface area (Å²) in [5, 5.41) is 3.31. The van der Waals surface area contributed by atoms with Crippen LogP contribution >= 0.6 is 0 Å². The SMILES string of the molecule is CCC(=O)C1Cc2c(c(-c3cc(OC)c(CN(C)C)c(OC)c3)cn(C)c2=O)CN1. The molecule has 1 atom stereocenters. The van der Waals surface area contributed by atoms with Gasteiger partial charge in [0.05, 0.1) is 25.8 Å². The van der Waals surface area contributed by atoms with Gasteiger partial charge in [-0.05, 0) is 37.4 Å². The highest BCUT2D eigenvalue weighted by Crippen LogP contribution is 2.37. The molecule has 0 spiro atoms. The van der Waals surface area contributed by atoms with Crippen molar-refractivity contribution in [2.45, 2.75) is 38.9 Å². The van der Waals surface area contributed by atoms with E-state index < -0.39 is 0 Å². The fourth-order valence-electron chi connectivity index (χ4n) is 4.08. The molecule has 0 saturated carbocycles. The number of methoxy groups -OCH3 is 2. The van der Waals surface area contributed by atoms with Gasteiger partial charge in [-0.1, -0.05) is 6.92 Å². The molecule has 0 aliphatic carbocycles. The van der Waals surface area contributed by atoms with Gasteiger partial charge in [0.2, 0.25) is 0 Å². The van der Waals surface area contributed by atoms with Crippen LogP contribution in [0.5, 0.6) is 11.5 Å². The second-order valence-electron chi connectivity index (χ2n) is 7.97. The van der Waals surface area contributed by atoms with Gasteiger partial charge < -0.3 is 24.3 Å². The Balaban J connectivity index is 2.17. The van der Waals surface area contributed by atoms with Crippen molar-refractivity contribution in [2.24, 2.45) is 7.05 Å². The van der Waals surface area contributed by atoms with Crippen LogP contribution in [0.4, 0.5) is 0 Å². The van der Waals surface area contributed by atoms with Gasteiger partial charge in [-0.15, -0.1) is 0 Å². The molecule has 1 aromatic heterocycles. The third-order valence-corrected chi connectivity index (χ3v) is 5.65. The Labute approximate surface area is 177 Å². The average molecular weight is 414 g/mol. The summed E-state index contributed by atoms with van der Waals surface area (Å²) in [6.45, 7) is 3.00. The van der Waals surface area contributed by atoms with Crippen LogP contribution in [-0.2, 0) is 31.4 Å². The number of aryl methyl sites for hydroxylation is 1. The zero-order valence-corrected chi connectivity index (χ0v) is 18.7. The highest BCUT2D eigenvalue weighted by atomic mass is 16.5. The van der Waals surface area contributed by atoms with Crippen LogP contribution < -0.4 is 20.3 Å². The standard InChI is InChI=1S/C23H31N3O4/c1-7-20(27)19-10-15-16(11-24-19)17(13-26(4)23(15)28)14-8-21(29-5)18(12-25(2)3)22(9-14)30-6/h8-9,13,19,24H,7,10-12H2,1-6H3. The number of pyridine rings is 1. The summed E-state index contributed by atoms with van der Waals surface area (Å²) in [5.74, 6) is 1.61. The Morgan fingerprint density at radius 2 is 1.83 bits per heavy atom. The lowest BCUT2D eigenvalue weighted by atomic mass is 9.89. The number of hydrogen-bond donors (Lipinski definition) is 1. The predicted molar refractivity (Wildman–Crippen MR) is 117 cm³/mol. The minimum absolute atomic E-state index is 0.0488. The van der Waals surface area contributed by atoms with E-state index in [0.29, 0.717) is 31.5 Å². The van der Waals surface area contributed by atoms with E-state index in [9.17, 15) is 9.59 Å². The van der Waals surface area contributed by atoms with Crippen molar-refractivity contribution in [2.75, 3.05) is 28.3 Å². The highest BCUT2D eigenvalue weighted by molar-refractivity contribution is 5.84.